The first-order valence-corrected chi connectivity index (χ1v) is 5.86. The molecule has 0 spiro atoms. The van der Waals surface area contributed by atoms with Gasteiger partial charge in [0.05, 0.1) is 5.02 Å². The van der Waals surface area contributed by atoms with Crippen molar-refractivity contribution in [1.29, 1.82) is 0 Å². The van der Waals surface area contributed by atoms with E-state index in [2.05, 4.69) is 0 Å². The molecule has 0 fully saturated rings. The predicted molar refractivity (Wildman–Crippen MR) is 67.8 cm³/mol. The highest BCUT2D eigenvalue weighted by Gasteiger charge is 2.20. The molecule has 0 aliphatic carbocycles. The average Bonchev–Trinajstić information content (AvgIpc) is 2.32. The van der Waals surface area contributed by atoms with Crippen LogP contribution < -0.4 is 4.74 Å². The Kier molecular flexibility index (Phi) is 4.02. The maximum absolute atomic E-state index is 13.4. The molecule has 0 aliphatic rings. The number of rotatable bonds is 2. The first-order valence-electron chi connectivity index (χ1n) is 5.10. The van der Waals surface area contributed by atoms with Gasteiger partial charge in [-0.15, -0.1) is 0 Å². The molecule has 0 heterocycles. The molecule has 6 heteroatoms. The Labute approximate surface area is 117 Å². The Morgan fingerprint density at radius 3 is 2.26 bits per heavy atom. The van der Waals surface area contributed by atoms with Crippen LogP contribution in [0.15, 0.2) is 36.4 Å². The first-order chi connectivity index (χ1) is 8.99. The molecule has 0 N–H and O–H groups in total. The number of esters is 1. The molecule has 0 aromatic heterocycles. The van der Waals surface area contributed by atoms with Gasteiger partial charge in [-0.3, -0.25) is 0 Å². The van der Waals surface area contributed by atoms with Gasteiger partial charge in [-0.2, -0.15) is 0 Å². The summed E-state index contributed by atoms with van der Waals surface area (Å²) < 4.78 is 31.6. The molecule has 19 heavy (non-hydrogen) atoms. The van der Waals surface area contributed by atoms with Crippen LogP contribution in [0.25, 0.3) is 0 Å². The number of benzene rings is 2. The fraction of sp³-hybridized carbons (Fsp3) is 0. The Morgan fingerprint density at radius 2 is 1.68 bits per heavy atom. The molecule has 2 aromatic carbocycles. The standard InChI is InChI=1S/C13H6Cl2F2O2/c14-7-4-5-11(8(15)6-7)19-13(18)12-9(16)2-1-3-10(12)17/h1-6H. The minimum atomic E-state index is -1.17. The van der Waals surface area contributed by atoms with Crippen LogP contribution >= 0.6 is 23.2 Å². The molecule has 0 saturated heterocycles. The van der Waals surface area contributed by atoms with E-state index in [9.17, 15) is 13.6 Å². The normalized spacial score (nSPS) is 10.3. The third kappa shape index (κ3) is 3.03. The van der Waals surface area contributed by atoms with Gasteiger partial charge in [-0.1, -0.05) is 29.3 Å². The molecule has 2 aromatic rings. The van der Waals surface area contributed by atoms with Gasteiger partial charge < -0.3 is 4.74 Å². The highest BCUT2D eigenvalue weighted by atomic mass is 35.5. The maximum Gasteiger partial charge on any atom is 0.349 e. The molecule has 98 valence electrons. The molecule has 2 nitrogen and oxygen atoms in total. The van der Waals surface area contributed by atoms with Gasteiger partial charge in [0.2, 0.25) is 0 Å². The van der Waals surface area contributed by atoms with E-state index in [0.29, 0.717) is 5.02 Å². The molecule has 0 radical (unpaired) electrons. The summed E-state index contributed by atoms with van der Waals surface area (Å²) in [6, 6.07) is 7.20. The summed E-state index contributed by atoms with van der Waals surface area (Å²) in [7, 11) is 0. The van der Waals surface area contributed by atoms with E-state index in [-0.39, 0.29) is 10.8 Å². The lowest BCUT2D eigenvalue weighted by atomic mass is 10.2. The zero-order valence-corrected chi connectivity index (χ0v) is 10.8. The molecule has 0 atom stereocenters. The zero-order valence-electron chi connectivity index (χ0n) is 9.29. The van der Waals surface area contributed by atoms with Crippen LogP contribution in [0.1, 0.15) is 10.4 Å². The van der Waals surface area contributed by atoms with E-state index in [1.807, 2.05) is 0 Å². The Balaban J connectivity index is 2.31. The Hall–Kier alpha value is -1.65. The SMILES string of the molecule is O=C(Oc1ccc(Cl)cc1Cl)c1c(F)cccc1F. The number of halogens is 4. The number of hydrogen-bond acceptors (Lipinski definition) is 2. The summed E-state index contributed by atoms with van der Waals surface area (Å²) in [6.07, 6.45) is 0. The smallest absolute Gasteiger partial charge is 0.349 e. The van der Waals surface area contributed by atoms with Gasteiger partial charge in [0.1, 0.15) is 22.9 Å². The highest BCUT2D eigenvalue weighted by Crippen LogP contribution is 2.28. The fourth-order valence-electron chi connectivity index (χ4n) is 1.40. The van der Waals surface area contributed by atoms with Gasteiger partial charge in [0.25, 0.3) is 0 Å². The number of carbonyl (C=O) groups excluding carboxylic acids is 1. The molecule has 2 rings (SSSR count). The van der Waals surface area contributed by atoms with Crippen LogP contribution in [0.2, 0.25) is 10.0 Å². The van der Waals surface area contributed by atoms with Crippen molar-refractivity contribution in [3.63, 3.8) is 0 Å². The van der Waals surface area contributed by atoms with Crippen molar-refractivity contribution in [1.82, 2.24) is 0 Å². The van der Waals surface area contributed by atoms with E-state index in [1.165, 1.54) is 18.2 Å². The summed E-state index contributed by atoms with van der Waals surface area (Å²) >= 11 is 11.5. The van der Waals surface area contributed by atoms with Crippen molar-refractivity contribution in [2.24, 2.45) is 0 Å². The van der Waals surface area contributed by atoms with Crippen LogP contribution in [0.4, 0.5) is 8.78 Å². The summed E-state index contributed by atoms with van der Waals surface area (Å²) in [5, 5.41) is 0.416. The van der Waals surface area contributed by atoms with Crippen LogP contribution in [-0.2, 0) is 0 Å². The molecule has 0 amide bonds. The van der Waals surface area contributed by atoms with Crippen molar-refractivity contribution < 1.29 is 18.3 Å². The van der Waals surface area contributed by atoms with E-state index >= 15 is 0 Å². The van der Waals surface area contributed by atoms with Gasteiger partial charge >= 0.3 is 5.97 Å². The number of ether oxygens (including phenoxy) is 1. The second kappa shape index (κ2) is 5.55. The first kappa shape index (κ1) is 13.8. The van der Waals surface area contributed by atoms with Crippen molar-refractivity contribution >= 4 is 29.2 Å². The monoisotopic (exact) mass is 302 g/mol. The third-order valence-electron chi connectivity index (χ3n) is 2.26. The van der Waals surface area contributed by atoms with Crippen LogP contribution in [0.3, 0.4) is 0 Å². The van der Waals surface area contributed by atoms with Crippen molar-refractivity contribution in [3.8, 4) is 5.75 Å². The quantitative estimate of drug-likeness (QED) is 0.603. The predicted octanol–water partition coefficient (Wildman–Crippen LogP) is 4.49. The summed E-state index contributed by atoms with van der Waals surface area (Å²) in [4.78, 5) is 11.7. The second-order valence-corrected chi connectivity index (χ2v) is 4.40. The maximum atomic E-state index is 13.4. The topological polar surface area (TPSA) is 26.3 Å². The largest absolute Gasteiger partial charge is 0.421 e. The molecule has 0 bridgehead atoms. The van der Waals surface area contributed by atoms with E-state index in [1.54, 1.807) is 0 Å². The van der Waals surface area contributed by atoms with Crippen molar-refractivity contribution in [2.75, 3.05) is 0 Å². The van der Waals surface area contributed by atoms with Gasteiger partial charge in [0, 0.05) is 5.02 Å². The highest BCUT2D eigenvalue weighted by molar-refractivity contribution is 6.35. The van der Waals surface area contributed by atoms with Crippen LogP contribution in [0, 0.1) is 11.6 Å². The van der Waals surface area contributed by atoms with Crippen molar-refractivity contribution in [2.45, 2.75) is 0 Å². The van der Waals surface area contributed by atoms with E-state index < -0.39 is 23.2 Å². The minimum Gasteiger partial charge on any atom is -0.421 e. The van der Waals surface area contributed by atoms with E-state index in [4.69, 9.17) is 27.9 Å². The lowest BCUT2D eigenvalue weighted by Gasteiger charge is -2.07. The van der Waals surface area contributed by atoms with Gasteiger partial charge in [-0.25, -0.2) is 13.6 Å². The average molecular weight is 303 g/mol. The molecular formula is C13H6Cl2F2O2. The number of carbonyl (C=O) groups is 1. The Morgan fingerprint density at radius 1 is 1.05 bits per heavy atom. The molecule has 0 aliphatic heterocycles. The summed E-state index contributed by atoms with van der Waals surface area (Å²) in [5.74, 6) is -3.20. The van der Waals surface area contributed by atoms with Crippen molar-refractivity contribution in [3.05, 3.63) is 63.6 Å². The van der Waals surface area contributed by atoms with Gasteiger partial charge in [-0.05, 0) is 30.3 Å². The zero-order chi connectivity index (χ0) is 14.0. The lowest BCUT2D eigenvalue weighted by Crippen LogP contribution is -2.13. The third-order valence-corrected chi connectivity index (χ3v) is 2.79. The minimum absolute atomic E-state index is 0.0290. The number of hydrogen-bond donors (Lipinski definition) is 0. The Bertz CT molecular complexity index is 624. The fourth-order valence-corrected chi connectivity index (χ4v) is 1.85. The van der Waals surface area contributed by atoms with Crippen LogP contribution in [-0.4, -0.2) is 5.97 Å². The second-order valence-electron chi connectivity index (χ2n) is 3.56. The van der Waals surface area contributed by atoms with Crippen LogP contribution in [0.5, 0.6) is 5.75 Å². The molecular weight excluding hydrogens is 297 g/mol. The summed E-state index contributed by atoms with van der Waals surface area (Å²) in [5.41, 5.74) is -0.770. The summed E-state index contributed by atoms with van der Waals surface area (Å²) in [6.45, 7) is 0. The molecule has 0 saturated carbocycles. The van der Waals surface area contributed by atoms with E-state index in [0.717, 1.165) is 18.2 Å². The van der Waals surface area contributed by atoms with Gasteiger partial charge in [0.15, 0.2) is 0 Å². The molecule has 0 unspecified atom stereocenters. The lowest BCUT2D eigenvalue weighted by molar-refractivity contribution is 0.0724.